The average Bonchev–Trinajstić information content (AvgIpc) is 3.06. The van der Waals surface area contributed by atoms with Crippen LogP contribution in [0.4, 0.5) is 16.0 Å². The quantitative estimate of drug-likeness (QED) is 0.360. The Labute approximate surface area is 165 Å². The molecule has 2 aromatic heterocycles. The van der Waals surface area contributed by atoms with E-state index in [0.717, 1.165) is 17.7 Å². The van der Waals surface area contributed by atoms with Crippen molar-refractivity contribution in [3.8, 4) is 6.01 Å². The Morgan fingerprint density at radius 2 is 2.18 bits per heavy atom. The van der Waals surface area contributed by atoms with E-state index < -0.39 is 23.2 Å². The summed E-state index contributed by atoms with van der Waals surface area (Å²) in [7, 11) is 1.15. The predicted octanol–water partition coefficient (Wildman–Crippen LogP) is 2.38. The van der Waals surface area contributed by atoms with Crippen molar-refractivity contribution in [2.24, 2.45) is 0 Å². The van der Waals surface area contributed by atoms with Crippen molar-refractivity contribution < 1.29 is 27.4 Å². The lowest BCUT2D eigenvalue weighted by Crippen LogP contribution is -2.24. The SMILES string of the molecule is CCOc1nc(F)cc2nc(N(c3c(Cl)cccc3C(=O)OC)S(=O)O)nn12. The maximum Gasteiger partial charge on any atom is 0.340 e. The van der Waals surface area contributed by atoms with Gasteiger partial charge in [0, 0.05) is 6.07 Å². The molecule has 1 aromatic carbocycles. The van der Waals surface area contributed by atoms with Crippen molar-refractivity contribution in [2.45, 2.75) is 6.92 Å². The highest BCUT2D eigenvalue weighted by atomic mass is 35.5. The van der Waals surface area contributed by atoms with Gasteiger partial charge in [-0.1, -0.05) is 17.7 Å². The van der Waals surface area contributed by atoms with Gasteiger partial charge in [0.1, 0.15) is 0 Å². The number of esters is 1. The molecule has 2 heterocycles. The maximum atomic E-state index is 13.7. The first-order chi connectivity index (χ1) is 13.4. The van der Waals surface area contributed by atoms with Crippen molar-refractivity contribution in [1.82, 2.24) is 19.6 Å². The monoisotopic (exact) mass is 429 g/mol. The van der Waals surface area contributed by atoms with Crippen molar-refractivity contribution in [1.29, 1.82) is 0 Å². The van der Waals surface area contributed by atoms with E-state index in [1.165, 1.54) is 18.2 Å². The number of halogens is 2. The molecule has 0 aliphatic carbocycles. The summed E-state index contributed by atoms with van der Waals surface area (Å²) in [5.74, 6) is -2.01. The minimum atomic E-state index is -2.74. The number of carbonyl (C=O) groups excluding carboxylic acids is 1. The molecule has 0 saturated heterocycles. The van der Waals surface area contributed by atoms with Crippen molar-refractivity contribution in [3.63, 3.8) is 0 Å². The summed E-state index contributed by atoms with van der Waals surface area (Å²) < 4.78 is 47.3. The van der Waals surface area contributed by atoms with E-state index in [0.29, 0.717) is 4.31 Å². The summed E-state index contributed by atoms with van der Waals surface area (Å²) >= 11 is 3.43. The molecule has 3 rings (SSSR count). The smallest absolute Gasteiger partial charge is 0.340 e. The van der Waals surface area contributed by atoms with Crippen LogP contribution >= 0.6 is 11.6 Å². The van der Waals surface area contributed by atoms with Gasteiger partial charge >= 0.3 is 12.0 Å². The van der Waals surface area contributed by atoms with Gasteiger partial charge in [-0.3, -0.25) is 4.55 Å². The van der Waals surface area contributed by atoms with Crippen molar-refractivity contribution >= 4 is 46.1 Å². The molecule has 1 atom stereocenters. The molecule has 0 bridgehead atoms. The Bertz CT molecular complexity index is 1080. The summed E-state index contributed by atoms with van der Waals surface area (Å²) in [5, 5.41) is 4.02. The average molecular weight is 430 g/mol. The van der Waals surface area contributed by atoms with Crippen LogP contribution in [-0.2, 0) is 16.0 Å². The van der Waals surface area contributed by atoms with Crippen LogP contribution in [0.2, 0.25) is 5.02 Å². The minimum absolute atomic E-state index is 0.0292. The molecule has 3 aromatic rings. The largest absolute Gasteiger partial charge is 0.465 e. The number of hydrogen-bond acceptors (Lipinski definition) is 7. The number of anilines is 2. The molecule has 1 N–H and O–H groups in total. The van der Waals surface area contributed by atoms with E-state index >= 15 is 0 Å². The molecule has 0 fully saturated rings. The van der Waals surface area contributed by atoms with E-state index in [4.69, 9.17) is 21.1 Å². The Balaban J connectivity index is 2.24. The lowest BCUT2D eigenvalue weighted by Gasteiger charge is -2.19. The van der Waals surface area contributed by atoms with Gasteiger partial charge in [-0.15, -0.1) is 5.10 Å². The molecule has 0 saturated carbocycles. The number of aromatic nitrogens is 4. The number of ether oxygens (including phenoxy) is 2. The Hall–Kier alpha value is -2.83. The number of rotatable bonds is 6. The van der Waals surface area contributed by atoms with Gasteiger partial charge in [0.05, 0.1) is 30.0 Å². The number of benzene rings is 1. The highest BCUT2D eigenvalue weighted by Gasteiger charge is 2.29. The van der Waals surface area contributed by atoms with Gasteiger partial charge in [-0.2, -0.15) is 18.9 Å². The number of carbonyl (C=O) groups is 1. The van der Waals surface area contributed by atoms with Crippen LogP contribution in [-0.4, -0.2) is 48.0 Å². The maximum absolute atomic E-state index is 13.7. The molecular weight excluding hydrogens is 417 g/mol. The number of hydrogen-bond donors (Lipinski definition) is 1. The second-order valence-corrected chi connectivity index (χ2v) is 6.36. The van der Waals surface area contributed by atoms with E-state index in [1.54, 1.807) is 6.92 Å². The molecule has 0 aliphatic rings. The van der Waals surface area contributed by atoms with E-state index in [-0.39, 0.29) is 40.5 Å². The fourth-order valence-electron chi connectivity index (χ4n) is 2.38. The van der Waals surface area contributed by atoms with Gasteiger partial charge in [-0.05, 0) is 19.1 Å². The zero-order chi connectivity index (χ0) is 20.4. The fourth-order valence-corrected chi connectivity index (χ4v) is 3.26. The predicted molar refractivity (Wildman–Crippen MR) is 97.6 cm³/mol. The Kier molecular flexibility index (Phi) is 5.72. The first-order valence-electron chi connectivity index (χ1n) is 7.71. The van der Waals surface area contributed by atoms with Gasteiger partial charge in [0.25, 0.3) is 17.2 Å². The third-order valence-corrected chi connectivity index (χ3v) is 4.42. The van der Waals surface area contributed by atoms with Crippen LogP contribution in [0.15, 0.2) is 24.3 Å². The summed E-state index contributed by atoms with van der Waals surface area (Å²) in [4.78, 5) is 19.7. The zero-order valence-electron chi connectivity index (χ0n) is 14.5. The van der Waals surface area contributed by atoms with Gasteiger partial charge < -0.3 is 9.47 Å². The first-order valence-corrected chi connectivity index (χ1v) is 9.15. The summed E-state index contributed by atoms with van der Waals surface area (Å²) in [5.41, 5.74) is -0.280. The molecule has 0 aliphatic heterocycles. The van der Waals surface area contributed by atoms with Crippen LogP contribution in [0.25, 0.3) is 5.65 Å². The van der Waals surface area contributed by atoms with Crippen LogP contribution in [0.3, 0.4) is 0 Å². The first kappa shape index (κ1) is 19.9. The number of methoxy groups -OCH3 is 1. The van der Waals surface area contributed by atoms with E-state index in [1.807, 2.05) is 0 Å². The van der Waals surface area contributed by atoms with Crippen LogP contribution in [0.1, 0.15) is 17.3 Å². The molecule has 0 radical (unpaired) electrons. The molecule has 13 heteroatoms. The highest BCUT2D eigenvalue weighted by molar-refractivity contribution is 7.81. The molecule has 0 amide bonds. The lowest BCUT2D eigenvalue weighted by atomic mass is 10.2. The Morgan fingerprint density at radius 3 is 2.82 bits per heavy atom. The third-order valence-electron chi connectivity index (χ3n) is 3.46. The number of fused-ring (bicyclic) bond motifs is 1. The zero-order valence-corrected chi connectivity index (χ0v) is 16.1. The van der Waals surface area contributed by atoms with E-state index in [2.05, 4.69) is 15.1 Å². The molecule has 10 nitrogen and oxygen atoms in total. The van der Waals surface area contributed by atoms with Crippen molar-refractivity contribution in [2.75, 3.05) is 18.0 Å². The van der Waals surface area contributed by atoms with Crippen LogP contribution < -0.4 is 9.04 Å². The normalized spacial score (nSPS) is 12.0. The molecule has 28 heavy (non-hydrogen) atoms. The third kappa shape index (κ3) is 3.61. The molecular formula is C15H13ClFN5O5S. The van der Waals surface area contributed by atoms with Crippen LogP contribution in [0, 0.1) is 5.95 Å². The fraction of sp³-hybridized carbons (Fsp3) is 0.200. The van der Waals surface area contributed by atoms with Crippen molar-refractivity contribution in [3.05, 3.63) is 40.8 Å². The van der Waals surface area contributed by atoms with Gasteiger partial charge in [0.15, 0.2) is 5.65 Å². The lowest BCUT2D eigenvalue weighted by molar-refractivity contribution is 0.0601. The molecule has 1 unspecified atom stereocenters. The number of nitrogens with zero attached hydrogens (tertiary/aromatic N) is 5. The standard InChI is InChI=1S/C15H13ClFN5O5S/c1-3-27-15-18-10(17)7-11-19-14(20-21(11)15)22(28(24)25)12-8(13(23)26-2)5-4-6-9(12)16/h4-7H,3H2,1-2H3,(H,24,25). The summed E-state index contributed by atoms with van der Waals surface area (Å²) in [6, 6.07) is 5.00. The van der Waals surface area contributed by atoms with Gasteiger partial charge in [-0.25, -0.2) is 13.3 Å². The summed E-state index contributed by atoms with van der Waals surface area (Å²) in [6.45, 7) is 1.84. The molecule has 148 valence electrons. The Morgan fingerprint density at radius 1 is 1.43 bits per heavy atom. The van der Waals surface area contributed by atoms with Gasteiger partial charge in [0.2, 0.25) is 5.95 Å². The van der Waals surface area contributed by atoms with Crippen LogP contribution in [0.5, 0.6) is 6.01 Å². The number of para-hydroxylation sites is 1. The topological polar surface area (TPSA) is 119 Å². The minimum Gasteiger partial charge on any atom is -0.465 e. The van der Waals surface area contributed by atoms with E-state index in [9.17, 15) is 17.9 Å². The second kappa shape index (κ2) is 8.04. The second-order valence-electron chi connectivity index (χ2n) is 5.13. The molecule has 0 spiro atoms. The highest BCUT2D eigenvalue weighted by Crippen LogP contribution is 2.35. The summed E-state index contributed by atoms with van der Waals surface area (Å²) in [6.07, 6.45) is 0.